The van der Waals surface area contributed by atoms with Crippen molar-refractivity contribution in [2.24, 2.45) is 11.8 Å². The number of halogens is 3. The molecule has 6 N–H and O–H groups in total. The van der Waals surface area contributed by atoms with Crippen LogP contribution in [-0.2, 0) is 19.1 Å². The maximum atomic E-state index is 14.9. The van der Waals surface area contributed by atoms with Gasteiger partial charge in [0.2, 0.25) is 17.7 Å². The van der Waals surface area contributed by atoms with Gasteiger partial charge in [0.25, 0.3) is 0 Å². The summed E-state index contributed by atoms with van der Waals surface area (Å²) in [4.78, 5) is 45.1. The van der Waals surface area contributed by atoms with Gasteiger partial charge in [-0.25, -0.2) is 8.78 Å². The number of aromatic nitrogens is 1. The highest BCUT2D eigenvalue weighted by Crippen LogP contribution is 2.39. The molecule has 1 fully saturated rings. The van der Waals surface area contributed by atoms with Crippen molar-refractivity contribution in [3.05, 3.63) is 82.7 Å². The number of carbonyl (C=O) groups is 3. The van der Waals surface area contributed by atoms with Gasteiger partial charge in [-0.2, -0.15) is 0 Å². The van der Waals surface area contributed by atoms with Gasteiger partial charge in [-0.1, -0.05) is 31.0 Å². The summed E-state index contributed by atoms with van der Waals surface area (Å²) >= 11 is 5.93. The van der Waals surface area contributed by atoms with Crippen LogP contribution in [0.5, 0.6) is 0 Å². The molecule has 0 saturated carbocycles. The molecule has 3 aliphatic heterocycles. The number of rotatable bonds is 7. The number of pyridine rings is 1. The molecule has 3 aromatic rings. The number of hydrogen-bond donors (Lipinski definition) is 6. The third kappa shape index (κ3) is 8.21. The molecule has 53 heavy (non-hydrogen) atoms. The fraction of sp³-hybridized carbons (Fsp3) is 0.421. The number of fused-ring (bicyclic) bond motifs is 4. The summed E-state index contributed by atoms with van der Waals surface area (Å²) in [6.07, 6.45) is -0.0927. The van der Waals surface area contributed by atoms with E-state index in [0.29, 0.717) is 47.5 Å². The molecule has 4 heterocycles. The predicted molar refractivity (Wildman–Crippen MR) is 193 cm³/mol. The normalized spacial score (nSPS) is 26.4. The van der Waals surface area contributed by atoms with Crippen molar-refractivity contribution in [1.29, 1.82) is 0 Å². The molecule has 3 amide bonds. The molecule has 282 valence electrons. The lowest BCUT2D eigenvalue weighted by Crippen LogP contribution is -2.60. The summed E-state index contributed by atoms with van der Waals surface area (Å²) in [7, 11) is 0. The van der Waals surface area contributed by atoms with E-state index in [1.165, 1.54) is 13.0 Å². The molecule has 0 spiro atoms. The van der Waals surface area contributed by atoms with E-state index in [-0.39, 0.29) is 47.5 Å². The number of amides is 3. The van der Waals surface area contributed by atoms with Crippen molar-refractivity contribution >= 4 is 46.3 Å². The maximum Gasteiger partial charge on any atom is 0.247 e. The topological polar surface area (TPSA) is 173 Å². The SMILES string of the molecule is CC(=O)NCC1C(Nc2ccc3c(c2)NC(=O)[C@H](C)CCC[C@H](N2CCC(c4c(F)ccc(Cl)c4F)=CC2=O)c2cc-3ccn2)O[C@H](CO)[C@@H](O)[C@@H]1O. The fourth-order valence-corrected chi connectivity index (χ4v) is 7.36. The minimum atomic E-state index is -1.38. The molecule has 2 unspecified atom stereocenters. The average Bonchev–Trinajstić information content (AvgIpc) is 3.13. The number of benzene rings is 2. The molecular formula is C38H42ClF2N5O7. The summed E-state index contributed by atoms with van der Waals surface area (Å²) in [5, 5.41) is 39.8. The molecule has 6 rings (SSSR count). The number of nitrogens with zero attached hydrogens (tertiary/aromatic N) is 2. The van der Waals surface area contributed by atoms with Crippen LogP contribution in [0.1, 0.15) is 56.8 Å². The number of aliphatic hydroxyl groups excluding tert-OH is 3. The van der Waals surface area contributed by atoms with Crippen LogP contribution in [0.3, 0.4) is 0 Å². The molecule has 2 aromatic carbocycles. The summed E-state index contributed by atoms with van der Waals surface area (Å²) in [6.45, 7) is 2.76. The first kappa shape index (κ1) is 38.3. The minimum absolute atomic E-state index is 0.0193. The predicted octanol–water partition coefficient (Wildman–Crippen LogP) is 4.40. The Morgan fingerprint density at radius 2 is 1.91 bits per heavy atom. The smallest absolute Gasteiger partial charge is 0.247 e. The monoisotopic (exact) mass is 753 g/mol. The zero-order valence-electron chi connectivity index (χ0n) is 29.2. The van der Waals surface area contributed by atoms with Crippen LogP contribution < -0.4 is 16.0 Å². The largest absolute Gasteiger partial charge is 0.394 e. The number of anilines is 2. The summed E-state index contributed by atoms with van der Waals surface area (Å²) < 4.78 is 35.5. The Balaban J connectivity index is 1.32. The Bertz CT molecular complexity index is 1910. The van der Waals surface area contributed by atoms with Crippen LogP contribution in [0.4, 0.5) is 20.2 Å². The number of ether oxygens (including phenoxy) is 1. The van der Waals surface area contributed by atoms with Gasteiger partial charge in [0.1, 0.15) is 24.3 Å². The van der Waals surface area contributed by atoms with Crippen LogP contribution in [0.2, 0.25) is 5.02 Å². The van der Waals surface area contributed by atoms with E-state index in [4.69, 9.17) is 16.3 Å². The number of aliphatic hydroxyl groups is 3. The van der Waals surface area contributed by atoms with E-state index in [1.54, 1.807) is 35.4 Å². The van der Waals surface area contributed by atoms with E-state index in [2.05, 4.69) is 20.9 Å². The molecular weight excluding hydrogens is 712 g/mol. The molecule has 7 atom stereocenters. The van der Waals surface area contributed by atoms with Crippen molar-refractivity contribution < 1.29 is 43.2 Å². The number of hydrogen-bond acceptors (Lipinski definition) is 9. The van der Waals surface area contributed by atoms with Crippen LogP contribution >= 0.6 is 11.6 Å². The van der Waals surface area contributed by atoms with Crippen molar-refractivity contribution in [2.45, 2.75) is 70.1 Å². The minimum Gasteiger partial charge on any atom is -0.394 e. The van der Waals surface area contributed by atoms with Crippen molar-refractivity contribution in [1.82, 2.24) is 15.2 Å². The lowest BCUT2D eigenvalue weighted by Gasteiger charge is -2.43. The van der Waals surface area contributed by atoms with E-state index in [0.717, 1.165) is 12.1 Å². The second-order valence-electron chi connectivity index (χ2n) is 13.7. The first-order valence-corrected chi connectivity index (χ1v) is 17.9. The summed E-state index contributed by atoms with van der Waals surface area (Å²) in [5.74, 6) is -3.89. The maximum absolute atomic E-state index is 14.9. The second-order valence-corrected chi connectivity index (χ2v) is 14.1. The Morgan fingerprint density at radius 1 is 1.11 bits per heavy atom. The molecule has 1 saturated heterocycles. The standard InChI is InChI=1S/C38H42ClF2N5O7/c1-19-4-3-5-30(46-13-11-22(15-32(46)49)33-27(40)9-8-26(39)34(33)41)29-14-21(10-12-42-29)24-7-6-23(16-28(24)45-37(19)52)44-38-25(17-43-20(2)48)35(50)36(51)31(18-47)53-38/h6-10,12,14-16,19,25,30-31,35-36,38,44,47,50-51H,3-5,11,13,17-18H2,1-2H3,(H,43,48)(H,45,52)/t19-,25?,30+,31-,35-,36-,38?/m1/s1. The Morgan fingerprint density at radius 3 is 2.64 bits per heavy atom. The van der Waals surface area contributed by atoms with E-state index >= 15 is 0 Å². The van der Waals surface area contributed by atoms with Gasteiger partial charge < -0.3 is 40.9 Å². The van der Waals surface area contributed by atoms with Crippen molar-refractivity contribution in [2.75, 3.05) is 30.3 Å². The van der Waals surface area contributed by atoms with Gasteiger partial charge in [0, 0.05) is 55.4 Å². The third-order valence-corrected chi connectivity index (χ3v) is 10.5. The summed E-state index contributed by atoms with van der Waals surface area (Å²) in [5.41, 5.74) is 2.83. The molecule has 2 bridgehead atoms. The van der Waals surface area contributed by atoms with Crippen LogP contribution in [0.25, 0.3) is 16.7 Å². The molecule has 12 nitrogen and oxygen atoms in total. The number of nitrogens with one attached hydrogen (secondary N) is 3. The Kier molecular flexibility index (Phi) is 11.7. The first-order valence-electron chi connectivity index (χ1n) is 17.6. The lowest BCUT2D eigenvalue weighted by molar-refractivity contribution is -0.200. The Labute approximate surface area is 310 Å². The first-order chi connectivity index (χ1) is 25.4. The van der Waals surface area contributed by atoms with Gasteiger partial charge in [-0.3, -0.25) is 19.4 Å². The zero-order chi connectivity index (χ0) is 38.0. The molecule has 1 aromatic heterocycles. The van der Waals surface area contributed by atoms with E-state index in [1.807, 2.05) is 13.0 Å². The lowest BCUT2D eigenvalue weighted by atomic mass is 9.89. The zero-order valence-corrected chi connectivity index (χ0v) is 29.9. The van der Waals surface area contributed by atoms with Crippen LogP contribution in [0, 0.1) is 23.5 Å². The molecule has 0 radical (unpaired) electrons. The molecule has 0 aliphatic carbocycles. The van der Waals surface area contributed by atoms with Crippen LogP contribution in [-0.4, -0.2) is 87.2 Å². The number of carbonyl (C=O) groups excluding carboxylic acids is 3. The molecule has 15 heteroatoms. The summed E-state index contributed by atoms with van der Waals surface area (Å²) in [6, 6.07) is 10.6. The van der Waals surface area contributed by atoms with Gasteiger partial charge in [0.15, 0.2) is 5.82 Å². The van der Waals surface area contributed by atoms with E-state index in [9.17, 15) is 38.5 Å². The highest BCUT2D eigenvalue weighted by molar-refractivity contribution is 6.31. The van der Waals surface area contributed by atoms with Gasteiger partial charge in [-0.05, 0) is 66.8 Å². The Hall–Kier alpha value is -4.47. The van der Waals surface area contributed by atoms with E-state index < -0.39 is 66.6 Å². The highest BCUT2D eigenvalue weighted by atomic mass is 35.5. The van der Waals surface area contributed by atoms with Crippen LogP contribution in [0.15, 0.2) is 54.7 Å². The fourth-order valence-electron chi connectivity index (χ4n) is 7.21. The quantitative estimate of drug-likeness (QED) is 0.191. The van der Waals surface area contributed by atoms with Gasteiger partial charge >= 0.3 is 0 Å². The molecule has 3 aliphatic rings. The average molecular weight is 754 g/mol. The van der Waals surface area contributed by atoms with Gasteiger partial charge in [-0.15, -0.1) is 0 Å². The van der Waals surface area contributed by atoms with Crippen molar-refractivity contribution in [3.63, 3.8) is 0 Å². The highest BCUT2D eigenvalue weighted by Gasteiger charge is 2.44. The van der Waals surface area contributed by atoms with Gasteiger partial charge in [0.05, 0.1) is 40.7 Å². The second kappa shape index (κ2) is 16.3. The third-order valence-electron chi connectivity index (χ3n) is 10.2. The van der Waals surface area contributed by atoms with Crippen molar-refractivity contribution in [3.8, 4) is 11.1 Å².